The van der Waals surface area contributed by atoms with Crippen LogP contribution in [0.4, 0.5) is 15.8 Å². The van der Waals surface area contributed by atoms with Crippen LogP contribution in [0.5, 0.6) is 5.75 Å². The molecule has 2 aliphatic rings. The Balaban J connectivity index is 1.47. The molecule has 1 N–H and O–H groups in total. The van der Waals surface area contributed by atoms with Crippen LogP contribution in [0.25, 0.3) is 0 Å². The average molecular weight is 398 g/mol. The Hall–Kier alpha value is -3.42. The molecule has 7 nitrogen and oxygen atoms in total. The molecule has 2 aromatic rings. The zero-order chi connectivity index (χ0) is 20.5. The second kappa shape index (κ2) is 7.54. The van der Waals surface area contributed by atoms with Crippen LogP contribution >= 0.6 is 0 Å². The van der Waals surface area contributed by atoms with Gasteiger partial charge in [-0.05, 0) is 49.2 Å². The number of carbonyl (C=O) groups excluding carboxylic acids is 3. The zero-order valence-corrected chi connectivity index (χ0v) is 15.7. The fourth-order valence-electron chi connectivity index (χ4n) is 3.75. The van der Waals surface area contributed by atoms with Gasteiger partial charge in [-0.1, -0.05) is 0 Å². The summed E-state index contributed by atoms with van der Waals surface area (Å²) in [6.07, 6.45) is 1.74. The van der Waals surface area contributed by atoms with Crippen LogP contribution in [0.15, 0.2) is 36.4 Å². The van der Waals surface area contributed by atoms with Crippen molar-refractivity contribution in [2.75, 3.05) is 30.5 Å². The number of fused-ring (bicyclic) bond motifs is 3. The van der Waals surface area contributed by atoms with Gasteiger partial charge in [0.05, 0.1) is 29.6 Å². The van der Waals surface area contributed by atoms with E-state index < -0.39 is 24.2 Å². The molecule has 4 rings (SSSR count). The Morgan fingerprint density at radius 1 is 1.24 bits per heavy atom. The number of rotatable bonds is 5. The molecule has 0 aliphatic carbocycles. The highest BCUT2D eigenvalue weighted by atomic mass is 19.1. The van der Waals surface area contributed by atoms with Crippen molar-refractivity contribution in [1.82, 2.24) is 0 Å². The molecule has 0 bridgehead atoms. The molecule has 0 spiro atoms. The number of carbonyl (C=O) groups is 3. The predicted molar refractivity (Wildman–Crippen MR) is 103 cm³/mol. The number of nitrogens with zero attached hydrogens (tertiary/aromatic N) is 1. The van der Waals surface area contributed by atoms with Gasteiger partial charge in [-0.3, -0.25) is 9.59 Å². The van der Waals surface area contributed by atoms with Gasteiger partial charge < -0.3 is 19.7 Å². The van der Waals surface area contributed by atoms with Gasteiger partial charge in [0.1, 0.15) is 17.6 Å². The molecule has 29 heavy (non-hydrogen) atoms. The minimum Gasteiger partial charge on any atom is -0.496 e. The number of esters is 1. The molecule has 2 aliphatic heterocycles. The Labute approximate surface area is 166 Å². The molecule has 0 unspecified atom stereocenters. The van der Waals surface area contributed by atoms with Gasteiger partial charge in [-0.2, -0.15) is 0 Å². The van der Waals surface area contributed by atoms with Gasteiger partial charge >= 0.3 is 5.97 Å². The molecular formula is C21H19FN2O5. The van der Waals surface area contributed by atoms with Crippen molar-refractivity contribution in [3.8, 4) is 5.75 Å². The Morgan fingerprint density at radius 3 is 2.86 bits per heavy atom. The number of hydrogen-bond acceptors (Lipinski definition) is 6. The van der Waals surface area contributed by atoms with E-state index in [2.05, 4.69) is 5.32 Å². The Kier molecular flexibility index (Phi) is 4.92. The molecule has 1 atom stereocenters. The van der Waals surface area contributed by atoms with Crippen LogP contribution < -0.4 is 15.0 Å². The van der Waals surface area contributed by atoms with Crippen molar-refractivity contribution in [3.05, 3.63) is 53.3 Å². The number of amides is 1. The molecule has 1 amide bonds. The van der Waals surface area contributed by atoms with E-state index in [4.69, 9.17) is 9.47 Å². The number of methoxy groups -OCH3 is 1. The molecule has 2 aromatic carbocycles. The molecular weight excluding hydrogens is 379 g/mol. The van der Waals surface area contributed by atoms with Crippen molar-refractivity contribution in [3.63, 3.8) is 0 Å². The summed E-state index contributed by atoms with van der Waals surface area (Å²) in [4.78, 5) is 39.0. The van der Waals surface area contributed by atoms with Crippen molar-refractivity contribution < 1.29 is 28.2 Å². The van der Waals surface area contributed by atoms with Gasteiger partial charge in [-0.25, -0.2) is 9.18 Å². The van der Waals surface area contributed by atoms with E-state index in [0.717, 1.165) is 31.1 Å². The molecule has 150 valence electrons. The maximum atomic E-state index is 13.4. The summed E-state index contributed by atoms with van der Waals surface area (Å²) in [7, 11) is 1.36. The van der Waals surface area contributed by atoms with Gasteiger partial charge in [0, 0.05) is 6.54 Å². The molecule has 2 heterocycles. The van der Waals surface area contributed by atoms with E-state index in [1.54, 1.807) is 12.1 Å². The van der Waals surface area contributed by atoms with Crippen LogP contribution in [0.3, 0.4) is 0 Å². The molecule has 1 saturated heterocycles. The molecule has 0 saturated carbocycles. The van der Waals surface area contributed by atoms with E-state index in [0.29, 0.717) is 5.69 Å². The fourth-order valence-corrected chi connectivity index (χ4v) is 3.75. The van der Waals surface area contributed by atoms with Crippen molar-refractivity contribution >= 4 is 29.0 Å². The minimum atomic E-state index is -0.714. The fraction of sp³-hybridized carbons (Fsp3) is 0.286. The number of anilines is 2. The topological polar surface area (TPSA) is 84.9 Å². The van der Waals surface area contributed by atoms with E-state index in [1.165, 1.54) is 25.3 Å². The number of nitrogens with one attached hydrogen (secondary N) is 1. The van der Waals surface area contributed by atoms with Crippen LogP contribution in [-0.4, -0.2) is 44.0 Å². The maximum absolute atomic E-state index is 13.4. The second-order valence-electron chi connectivity index (χ2n) is 6.92. The van der Waals surface area contributed by atoms with Gasteiger partial charge in [0.2, 0.25) is 11.7 Å². The monoisotopic (exact) mass is 398 g/mol. The third-order valence-electron chi connectivity index (χ3n) is 5.15. The number of hydrogen-bond donors (Lipinski definition) is 1. The summed E-state index contributed by atoms with van der Waals surface area (Å²) in [6.45, 7) is 0.231. The largest absolute Gasteiger partial charge is 0.496 e. The summed E-state index contributed by atoms with van der Waals surface area (Å²) in [5, 5.41) is 2.83. The normalized spacial score (nSPS) is 17.2. The summed E-state index contributed by atoms with van der Waals surface area (Å²) in [5.74, 6) is -1.78. The summed E-state index contributed by atoms with van der Waals surface area (Å²) < 4.78 is 23.6. The second-order valence-corrected chi connectivity index (χ2v) is 6.92. The first-order chi connectivity index (χ1) is 14.0. The number of ketones is 1. The van der Waals surface area contributed by atoms with Gasteiger partial charge in [-0.15, -0.1) is 0 Å². The predicted octanol–water partition coefficient (Wildman–Crippen LogP) is 2.79. The Bertz CT molecular complexity index is 1010. The highest BCUT2D eigenvalue weighted by Gasteiger charge is 2.36. The summed E-state index contributed by atoms with van der Waals surface area (Å²) >= 11 is 0. The van der Waals surface area contributed by atoms with E-state index in [-0.39, 0.29) is 28.8 Å². The molecule has 0 aromatic heterocycles. The summed E-state index contributed by atoms with van der Waals surface area (Å²) in [6, 6.07) is 8.28. The highest BCUT2D eigenvalue weighted by molar-refractivity contribution is 6.06. The third kappa shape index (κ3) is 3.53. The van der Waals surface area contributed by atoms with Crippen LogP contribution in [0, 0.1) is 5.82 Å². The molecule has 1 fully saturated rings. The number of ether oxygens (including phenoxy) is 2. The molecule has 8 heteroatoms. The van der Waals surface area contributed by atoms with Crippen LogP contribution in [0.2, 0.25) is 0 Å². The van der Waals surface area contributed by atoms with Crippen LogP contribution in [-0.2, 0) is 9.53 Å². The maximum Gasteiger partial charge on any atom is 0.338 e. The van der Waals surface area contributed by atoms with Crippen molar-refractivity contribution in [1.29, 1.82) is 0 Å². The lowest BCUT2D eigenvalue weighted by Crippen LogP contribution is -2.43. The SMILES string of the molecule is COc1ccc(F)cc1C(=O)COC(=O)c1ccc2c(c1)NC(=O)[C@@H]1CCCN21. The Morgan fingerprint density at radius 2 is 2.07 bits per heavy atom. The lowest BCUT2D eigenvalue weighted by Gasteiger charge is -2.33. The third-order valence-corrected chi connectivity index (χ3v) is 5.15. The van der Waals surface area contributed by atoms with Gasteiger partial charge in [0.15, 0.2) is 6.61 Å². The van der Waals surface area contributed by atoms with Crippen molar-refractivity contribution in [2.45, 2.75) is 18.9 Å². The summed E-state index contributed by atoms with van der Waals surface area (Å²) in [5.41, 5.74) is 1.61. The van der Waals surface area contributed by atoms with Gasteiger partial charge in [0.25, 0.3) is 0 Å². The standard InChI is InChI=1S/C21H19FN2O5/c1-28-19-7-5-13(22)10-14(19)18(25)11-29-21(27)12-4-6-16-15(9-12)23-20(26)17-3-2-8-24(16)17/h4-7,9-10,17H,2-3,8,11H2,1H3,(H,23,26)/t17-/m0/s1. The van der Waals surface area contributed by atoms with Crippen LogP contribution in [0.1, 0.15) is 33.6 Å². The first-order valence-electron chi connectivity index (χ1n) is 9.23. The zero-order valence-electron chi connectivity index (χ0n) is 15.7. The smallest absolute Gasteiger partial charge is 0.338 e. The average Bonchev–Trinajstić information content (AvgIpc) is 3.22. The van der Waals surface area contributed by atoms with Crippen molar-refractivity contribution in [2.24, 2.45) is 0 Å². The van der Waals surface area contributed by atoms with E-state index in [1.807, 2.05) is 4.90 Å². The first kappa shape index (κ1) is 18.9. The molecule has 0 radical (unpaired) electrons. The lowest BCUT2D eigenvalue weighted by molar-refractivity contribution is -0.117. The van der Waals surface area contributed by atoms with E-state index in [9.17, 15) is 18.8 Å². The quantitative estimate of drug-likeness (QED) is 0.616. The lowest BCUT2D eigenvalue weighted by atomic mass is 10.1. The number of benzene rings is 2. The number of halogens is 1. The minimum absolute atomic E-state index is 0.00178. The highest BCUT2D eigenvalue weighted by Crippen LogP contribution is 2.37. The van der Waals surface area contributed by atoms with E-state index >= 15 is 0 Å². The number of Topliss-reactive ketones (excluding diaryl/α,β-unsaturated/α-hetero) is 1. The first-order valence-corrected chi connectivity index (χ1v) is 9.23.